The third-order valence-corrected chi connectivity index (χ3v) is 3.26. The molecule has 16 heavy (non-hydrogen) atoms. The van der Waals surface area contributed by atoms with Gasteiger partial charge in [0.2, 0.25) is 0 Å². The standard InChI is InChI=1S/C12H17BrO3/c1-7-9(6-13)12(16-5)11(15-4)8(2)10(7)14-3/h6H2,1-5H3. The van der Waals surface area contributed by atoms with E-state index in [9.17, 15) is 0 Å². The van der Waals surface area contributed by atoms with Gasteiger partial charge in [-0.2, -0.15) is 0 Å². The second kappa shape index (κ2) is 5.43. The Morgan fingerprint density at radius 1 is 0.812 bits per heavy atom. The van der Waals surface area contributed by atoms with Crippen LogP contribution in [0.15, 0.2) is 0 Å². The number of rotatable bonds is 4. The summed E-state index contributed by atoms with van der Waals surface area (Å²) in [5.41, 5.74) is 3.10. The van der Waals surface area contributed by atoms with Gasteiger partial charge in [-0.15, -0.1) is 0 Å². The maximum atomic E-state index is 5.41. The summed E-state index contributed by atoms with van der Waals surface area (Å²) < 4.78 is 16.2. The fourth-order valence-electron chi connectivity index (χ4n) is 1.93. The topological polar surface area (TPSA) is 27.7 Å². The highest BCUT2D eigenvalue weighted by atomic mass is 79.9. The highest BCUT2D eigenvalue weighted by Gasteiger charge is 2.20. The highest BCUT2D eigenvalue weighted by Crippen LogP contribution is 2.43. The van der Waals surface area contributed by atoms with E-state index in [1.807, 2.05) is 13.8 Å². The Morgan fingerprint density at radius 2 is 1.31 bits per heavy atom. The van der Waals surface area contributed by atoms with Crippen molar-refractivity contribution in [1.29, 1.82) is 0 Å². The molecule has 1 aromatic rings. The smallest absolute Gasteiger partial charge is 0.167 e. The number of halogens is 1. The van der Waals surface area contributed by atoms with Crippen LogP contribution in [0.1, 0.15) is 16.7 Å². The number of hydrogen-bond donors (Lipinski definition) is 0. The monoisotopic (exact) mass is 288 g/mol. The molecule has 0 unspecified atom stereocenters. The first-order valence-corrected chi connectivity index (χ1v) is 6.08. The molecule has 0 aromatic heterocycles. The van der Waals surface area contributed by atoms with Crippen LogP contribution in [0.3, 0.4) is 0 Å². The predicted octanol–water partition coefficient (Wildman–Crippen LogP) is 3.22. The molecular formula is C12H17BrO3. The van der Waals surface area contributed by atoms with Gasteiger partial charge in [-0.3, -0.25) is 0 Å². The second-order valence-corrected chi connectivity index (χ2v) is 4.02. The van der Waals surface area contributed by atoms with Crippen LogP contribution >= 0.6 is 15.9 Å². The number of benzene rings is 1. The van der Waals surface area contributed by atoms with Crippen LogP contribution in [-0.4, -0.2) is 21.3 Å². The van der Waals surface area contributed by atoms with Gasteiger partial charge >= 0.3 is 0 Å². The van der Waals surface area contributed by atoms with Crippen LogP contribution in [0.2, 0.25) is 0 Å². The molecule has 0 radical (unpaired) electrons. The molecule has 90 valence electrons. The lowest BCUT2D eigenvalue weighted by Gasteiger charge is -2.19. The van der Waals surface area contributed by atoms with E-state index in [1.165, 1.54) is 0 Å². The highest BCUT2D eigenvalue weighted by molar-refractivity contribution is 9.08. The zero-order valence-corrected chi connectivity index (χ0v) is 11.9. The van der Waals surface area contributed by atoms with Crippen molar-refractivity contribution in [3.63, 3.8) is 0 Å². The Labute approximate surface area is 105 Å². The first kappa shape index (κ1) is 13.2. The average molecular weight is 289 g/mol. The van der Waals surface area contributed by atoms with E-state index in [1.54, 1.807) is 21.3 Å². The molecule has 1 rings (SSSR count). The number of methoxy groups -OCH3 is 3. The van der Waals surface area contributed by atoms with Gasteiger partial charge < -0.3 is 14.2 Å². The lowest BCUT2D eigenvalue weighted by molar-refractivity contribution is 0.342. The van der Waals surface area contributed by atoms with Crippen LogP contribution < -0.4 is 14.2 Å². The van der Waals surface area contributed by atoms with Gasteiger partial charge in [0.15, 0.2) is 11.5 Å². The lowest BCUT2D eigenvalue weighted by Crippen LogP contribution is -2.03. The molecule has 0 aliphatic carbocycles. The summed E-state index contributed by atoms with van der Waals surface area (Å²) in [5, 5.41) is 0.703. The predicted molar refractivity (Wildman–Crippen MR) is 68.2 cm³/mol. The molecular weight excluding hydrogens is 272 g/mol. The molecule has 3 nitrogen and oxygen atoms in total. The van der Waals surface area contributed by atoms with Gasteiger partial charge in [0, 0.05) is 16.5 Å². The number of ether oxygens (including phenoxy) is 3. The molecule has 0 aliphatic rings. The quantitative estimate of drug-likeness (QED) is 0.796. The second-order valence-electron chi connectivity index (χ2n) is 3.46. The first-order chi connectivity index (χ1) is 7.62. The molecule has 0 bridgehead atoms. The summed E-state index contributed by atoms with van der Waals surface area (Å²) in [5.74, 6) is 2.36. The van der Waals surface area contributed by atoms with Crippen LogP contribution in [-0.2, 0) is 5.33 Å². The maximum Gasteiger partial charge on any atom is 0.167 e. The SMILES string of the molecule is COc1c(C)c(CBr)c(OC)c(OC)c1C. The summed E-state index contributed by atoms with van der Waals surface area (Å²) in [6, 6.07) is 0. The Bertz CT molecular complexity index is 357. The number of alkyl halides is 1. The Hall–Kier alpha value is -0.900. The van der Waals surface area contributed by atoms with Crippen molar-refractivity contribution in [3.8, 4) is 17.2 Å². The normalized spacial score (nSPS) is 10.1. The summed E-state index contributed by atoms with van der Waals surface area (Å²) in [6.45, 7) is 3.98. The van der Waals surface area contributed by atoms with Gasteiger partial charge in [-0.25, -0.2) is 0 Å². The summed E-state index contributed by atoms with van der Waals surface area (Å²) in [7, 11) is 4.95. The Kier molecular flexibility index (Phi) is 4.47. The van der Waals surface area contributed by atoms with E-state index >= 15 is 0 Å². The minimum atomic E-state index is 0.703. The van der Waals surface area contributed by atoms with E-state index in [2.05, 4.69) is 15.9 Å². The molecule has 0 aliphatic heterocycles. The van der Waals surface area contributed by atoms with E-state index in [0.717, 1.165) is 33.9 Å². The Balaban J connectivity index is 3.61. The minimum Gasteiger partial charge on any atom is -0.496 e. The largest absolute Gasteiger partial charge is 0.496 e. The van der Waals surface area contributed by atoms with E-state index in [-0.39, 0.29) is 0 Å². The van der Waals surface area contributed by atoms with Crippen molar-refractivity contribution in [3.05, 3.63) is 16.7 Å². The van der Waals surface area contributed by atoms with Gasteiger partial charge in [0.25, 0.3) is 0 Å². The van der Waals surface area contributed by atoms with Gasteiger partial charge in [-0.05, 0) is 19.4 Å². The molecule has 0 atom stereocenters. The van der Waals surface area contributed by atoms with Crippen LogP contribution in [0.4, 0.5) is 0 Å². The van der Waals surface area contributed by atoms with E-state index < -0.39 is 0 Å². The van der Waals surface area contributed by atoms with Crippen LogP contribution in [0.25, 0.3) is 0 Å². The van der Waals surface area contributed by atoms with Crippen molar-refractivity contribution < 1.29 is 14.2 Å². The lowest BCUT2D eigenvalue weighted by atomic mass is 10.0. The van der Waals surface area contributed by atoms with Crippen molar-refractivity contribution in [2.45, 2.75) is 19.2 Å². The molecule has 0 heterocycles. The van der Waals surface area contributed by atoms with E-state index in [0.29, 0.717) is 5.33 Å². The summed E-state index contributed by atoms with van der Waals surface area (Å²) >= 11 is 3.46. The molecule has 0 amide bonds. The van der Waals surface area contributed by atoms with Crippen molar-refractivity contribution in [1.82, 2.24) is 0 Å². The molecule has 4 heteroatoms. The first-order valence-electron chi connectivity index (χ1n) is 4.96. The zero-order chi connectivity index (χ0) is 12.3. The molecule has 0 spiro atoms. The minimum absolute atomic E-state index is 0.703. The third kappa shape index (κ3) is 1.98. The molecule has 0 saturated heterocycles. The molecule has 0 saturated carbocycles. The zero-order valence-electron chi connectivity index (χ0n) is 10.3. The van der Waals surface area contributed by atoms with Crippen LogP contribution in [0.5, 0.6) is 17.2 Å². The van der Waals surface area contributed by atoms with E-state index in [4.69, 9.17) is 14.2 Å². The summed E-state index contributed by atoms with van der Waals surface area (Å²) in [4.78, 5) is 0. The molecule has 0 fully saturated rings. The van der Waals surface area contributed by atoms with Crippen molar-refractivity contribution >= 4 is 15.9 Å². The van der Waals surface area contributed by atoms with Gasteiger partial charge in [0.05, 0.1) is 21.3 Å². The average Bonchev–Trinajstić information content (AvgIpc) is 2.29. The number of hydrogen-bond acceptors (Lipinski definition) is 3. The third-order valence-electron chi connectivity index (χ3n) is 2.70. The fraction of sp³-hybridized carbons (Fsp3) is 0.500. The molecule has 1 aromatic carbocycles. The van der Waals surface area contributed by atoms with Crippen molar-refractivity contribution in [2.24, 2.45) is 0 Å². The van der Waals surface area contributed by atoms with Crippen LogP contribution in [0, 0.1) is 13.8 Å². The fourth-order valence-corrected chi connectivity index (χ4v) is 2.60. The van der Waals surface area contributed by atoms with Gasteiger partial charge in [0.1, 0.15) is 5.75 Å². The van der Waals surface area contributed by atoms with Crippen molar-refractivity contribution in [2.75, 3.05) is 21.3 Å². The molecule has 0 N–H and O–H groups in total. The summed E-state index contributed by atoms with van der Waals surface area (Å²) in [6.07, 6.45) is 0. The maximum absolute atomic E-state index is 5.41. The Morgan fingerprint density at radius 3 is 1.69 bits per heavy atom. The van der Waals surface area contributed by atoms with Gasteiger partial charge in [-0.1, -0.05) is 15.9 Å².